The van der Waals surface area contributed by atoms with Gasteiger partial charge in [0, 0.05) is 12.0 Å². The van der Waals surface area contributed by atoms with Gasteiger partial charge in [-0.2, -0.15) is 0 Å². The van der Waals surface area contributed by atoms with E-state index < -0.39 is 56.4 Å². The number of fused-ring (bicyclic) bond motifs is 6. The van der Waals surface area contributed by atoms with Crippen molar-refractivity contribution < 1.29 is 33.8 Å². The molecule has 0 saturated heterocycles. The Kier molecular flexibility index (Phi) is 4.65. The first-order valence-electron chi connectivity index (χ1n) is 11.5. The highest BCUT2D eigenvalue weighted by Gasteiger charge is 2.81. The molecule has 0 aromatic carbocycles. The van der Waals surface area contributed by atoms with Crippen molar-refractivity contribution in [3.05, 3.63) is 24.3 Å². The Bertz CT molecular complexity index is 1030. The van der Waals surface area contributed by atoms with E-state index in [1.807, 2.05) is 33.8 Å². The number of allylic oxidation sites excluding steroid dienone is 1. The van der Waals surface area contributed by atoms with Crippen molar-refractivity contribution in [3.63, 3.8) is 0 Å². The summed E-state index contributed by atoms with van der Waals surface area (Å²) >= 11 is 0. The predicted octanol–water partition coefficient (Wildman–Crippen LogP) is 2.95. The molecule has 4 aliphatic rings. The molecule has 3 saturated carbocycles. The molecule has 0 radical (unpaired) electrons. The number of aliphatic hydroxyl groups is 1. The largest absolute Gasteiger partial charge is 0.468 e. The first-order valence-corrected chi connectivity index (χ1v) is 11.5. The van der Waals surface area contributed by atoms with Crippen LogP contribution in [-0.2, 0) is 28.7 Å². The van der Waals surface area contributed by atoms with E-state index >= 15 is 0 Å². The van der Waals surface area contributed by atoms with Gasteiger partial charge < -0.3 is 14.6 Å². The van der Waals surface area contributed by atoms with E-state index in [9.17, 15) is 24.3 Å². The SMILES string of the molecule is C=C1C2(C)CC3C4(C)C=CC(=O)OC(C)(C)C4CCC3(C)C1(C(=O)OC)C(=O)C(C)(O)C2=O. The van der Waals surface area contributed by atoms with Crippen LogP contribution in [0.1, 0.15) is 60.8 Å². The number of methoxy groups -OCH3 is 1. The topological polar surface area (TPSA) is 107 Å². The monoisotopic (exact) mass is 458 g/mol. The van der Waals surface area contributed by atoms with Crippen molar-refractivity contribution in [3.8, 4) is 0 Å². The van der Waals surface area contributed by atoms with Crippen LogP contribution in [0.15, 0.2) is 24.3 Å². The second kappa shape index (κ2) is 6.44. The Labute approximate surface area is 194 Å². The first-order chi connectivity index (χ1) is 15.0. The molecule has 3 fully saturated rings. The van der Waals surface area contributed by atoms with Gasteiger partial charge in [0.25, 0.3) is 0 Å². The standard InChI is InChI=1S/C26H34O7/c1-14-23(5)13-16-22(4)11-10-17(27)33-21(2,3)15(22)9-12-24(16,6)26(14,20(30)32-8)19(29)25(7,31)18(23)28/h10-11,15-16,31H,1,9,12-13H2,2-8H3. The van der Waals surface area contributed by atoms with Gasteiger partial charge in [-0.15, -0.1) is 0 Å². The molecule has 7 nitrogen and oxygen atoms in total. The highest BCUT2D eigenvalue weighted by molar-refractivity contribution is 6.26. The van der Waals surface area contributed by atoms with Gasteiger partial charge in [-0.3, -0.25) is 14.4 Å². The minimum atomic E-state index is -2.34. The molecule has 0 amide bonds. The normalized spacial score (nSPS) is 48.4. The molecule has 3 aliphatic carbocycles. The summed E-state index contributed by atoms with van der Waals surface area (Å²) in [6.45, 7) is 14.6. The van der Waals surface area contributed by atoms with Gasteiger partial charge in [-0.25, -0.2) is 4.79 Å². The first kappa shape index (κ1) is 23.9. The molecular weight excluding hydrogens is 424 g/mol. The summed E-state index contributed by atoms with van der Waals surface area (Å²) in [6, 6.07) is 0. The average Bonchev–Trinajstić information content (AvgIpc) is 2.81. The van der Waals surface area contributed by atoms with Crippen molar-refractivity contribution in [1.82, 2.24) is 0 Å². The zero-order valence-electron chi connectivity index (χ0n) is 20.5. The van der Waals surface area contributed by atoms with Crippen LogP contribution in [0, 0.1) is 33.5 Å². The third-order valence-electron chi connectivity index (χ3n) is 9.81. The fraction of sp³-hybridized carbons (Fsp3) is 0.692. The van der Waals surface area contributed by atoms with Crippen LogP contribution in [0.25, 0.3) is 0 Å². The molecule has 2 bridgehead atoms. The lowest BCUT2D eigenvalue weighted by atomic mass is 9.31. The van der Waals surface area contributed by atoms with Crippen molar-refractivity contribution in [1.29, 1.82) is 0 Å². The van der Waals surface area contributed by atoms with Crippen LogP contribution in [0.2, 0.25) is 0 Å². The number of carbonyl (C=O) groups excluding carboxylic acids is 4. The Morgan fingerprint density at radius 2 is 1.70 bits per heavy atom. The van der Waals surface area contributed by atoms with Gasteiger partial charge in [0.2, 0.25) is 0 Å². The summed E-state index contributed by atoms with van der Waals surface area (Å²) in [7, 11) is 1.21. The van der Waals surface area contributed by atoms with Crippen LogP contribution < -0.4 is 0 Å². The van der Waals surface area contributed by atoms with Crippen molar-refractivity contribution in [2.24, 2.45) is 33.5 Å². The van der Waals surface area contributed by atoms with Gasteiger partial charge in [0.05, 0.1) is 12.5 Å². The van der Waals surface area contributed by atoms with Crippen molar-refractivity contribution in [2.75, 3.05) is 7.11 Å². The molecule has 1 aliphatic heterocycles. The maximum atomic E-state index is 14.0. The molecule has 180 valence electrons. The minimum absolute atomic E-state index is 0.109. The molecule has 7 heteroatoms. The molecule has 33 heavy (non-hydrogen) atoms. The van der Waals surface area contributed by atoms with Crippen LogP contribution in [0.3, 0.4) is 0 Å². The number of ketones is 2. The number of cyclic esters (lactones) is 1. The average molecular weight is 459 g/mol. The van der Waals surface area contributed by atoms with Crippen LogP contribution >= 0.6 is 0 Å². The quantitative estimate of drug-likeness (QED) is 0.366. The Hall–Kier alpha value is -2.28. The van der Waals surface area contributed by atoms with E-state index in [0.29, 0.717) is 12.8 Å². The van der Waals surface area contributed by atoms with Crippen LogP contribution in [0.5, 0.6) is 0 Å². The zero-order valence-corrected chi connectivity index (χ0v) is 20.5. The number of rotatable bonds is 1. The molecule has 7 unspecified atom stereocenters. The van der Waals surface area contributed by atoms with E-state index in [0.717, 1.165) is 0 Å². The lowest BCUT2D eigenvalue weighted by Crippen LogP contribution is -2.77. The molecule has 4 rings (SSSR count). The van der Waals surface area contributed by atoms with Crippen LogP contribution in [-0.4, -0.2) is 46.9 Å². The fourth-order valence-electron chi connectivity index (χ4n) is 8.22. The maximum Gasteiger partial charge on any atom is 0.330 e. The summed E-state index contributed by atoms with van der Waals surface area (Å²) in [5.74, 6) is -3.24. The number of hydrogen-bond donors (Lipinski definition) is 1. The Morgan fingerprint density at radius 1 is 1.09 bits per heavy atom. The number of hydrogen-bond acceptors (Lipinski definition) is 7. The summed E-state index contributed by atoms with van der Waals surface area (Å²) in [4.78, 5) is 53.6. The lowest BCUT2D eigenvalue weighted by molar-refractivity contribution is -0.216. The van der Waals surface area contributed by atoms with Crippen molar-refractivity contribution >= 4 is 23.5 Å². The Balaban J connectivity index is 2.07. The van der Waals surface area contributed by atoms with Crippen molar-refractivity contribution in [2.45, 2.75) is 72.0 Å². The van der Waals surface area contributed by atoms with Gasteiger partial charge in [-0.05, 0) is 69.3 Å². The second-order valence-corrected chi connectivity index (χ2v) is 11.8. The molecule has 0 spiro atoms. The Morgan fingerprint density at radius 3 is 2.27 bits per heavy atom. The van der Waals surface area contributed by atoms with Gasteiger partial charge in [-0.1, -0.05) is 26.5 Å². The molecular formula is C26H34O7. The molecule has 0 aromatic rings. The lowest BCUT2D eigenvalue weighted by Gasteiger charge is -2.69. The van der Waals surface area contributed by atoms with Gasteiger partial charge in [0.15, 0.2) is 22.6 Å². The fourth-order valence-corrected chi connectivity index (χ4v) is 8.22. The number of esters is 2. The van der Waals surface area contributed by atoms with E-state index in [2.05, 4.69) is 6.58 Å². The molecule has 7 atom stereocenters. The summed E-state index contributed by atoms with van der Waals surface area (Å²) < 4.78 is 11.0. The predicted molar refractivity (Wildman–Crippen MR) is 119 cm³/mol. The van der Waals surface area contributed by atoms with E-state index in [4.69, 9.17) is 9.47 Å². The highest BCUT2D eigenvalue weighted by Crippen LogP contribution is 2.75. The smallest absolute Gasteiger partial charge is 0.330 e. The number of Topliss-reactive ketones (excluding diaryl/α,β-unsaturated/α-hetero) is 2. The van der Waals surface area contributed by atoms with E-state index in [1.165, 1.54) is 20.1 Å². The summed E-state index contributed by atoms with van der Waals surface area (Å²) in [5.41, 5.74) is -7.82. The van der Waals surface area contributed by atoms with E-state index in [1.54, 1.807) is 6.92 Å². The third kappa shape index (κ3) is 2.44. The highest BCUT2D eigenvalue weighted by atomic mass is 16.6. The zero-order chi connectivity index (χ0) is 25.0. The maximum absolute atomic E-state index is 14.0. The third-order valence-corrected chi connectivity index (χ3v) is 9.81. The number of carbonyl (C=O) groups is 4. The molecule has 1 N–H and O–H groups in total. The summed E-state index contributed by atoms with van der Waals surface area (Å²) in [6.07, 6.45) is 4.54. The number of ether oxygens (including phenoxy) is 2. The molecule has 0 aromatic heterocycles. The van der Waals surface area contributed by atoms with Gasteiger partial charge >= 0.3 is 11.9 Å². The summed E-state index contributed by atoms with van der Waals surface area (Å²) in [5, 5.41) is 11.1. The second-order valence-electron chi connectivity index (χ2n) is 11.8. The van der Waals surface area contributed by atoms with Gasteiger partial charge in [0.1, 0.15) is 5.60 Å². The minimum Gasteiger partial charge on any atom is -0.468 e. The van der Waals surface area contributed by atoms with E-state index in [-0.39, 0.29) is 23.8 Å². The van der Waals surface area contributed by atoms with Crippen LogP contribution in [0.4, 0.5) is 0 Å². The molecule has 1 heterocycles.